The summed E-state index contributed by atoms with van der Waals surface area (Å²) in [6.45, 7) is 7.72. The van der Waals surface area contributed by atoms with E-state index >= 15 is 0 Å². The van der Waals surface area contributed by atoms with Gasteiger partial charge in [-0.3, -0.25) is 14.9 Å². The zero-order valence-corrected chi connectivity index (χ0v) is 15.7. The SMILES string of the molecule is CCCC(NC(C)C(=O)Nc1c(CC)cccc1CC)C(=O)O.Cl. The smallest absolute Gasteiger partial charge is 0.320 e. The Bertz CT molecular complexity index is 527. The van der Waals surface area contributed by atoms with E-state index in [-0.39, 0.29) is 18.3 Å². The molecule has 1 amide bonds. The highest BCUT2D eigenvalue weighted by Gasteiger charge is 2.23. The molecule has 24 heavy (non-hydrogen) atoms. The fourth-order valence-electron chi connectivity index (χ4n) is 2.58. The Kier molecular flexibility index (Phi) is 10.3. The van der Waals surface area contributed by atoms with Crippen molar-refractivity contribution in [1.29, 1.82) is 0 Å². The van der Waals surface area contributed by atoms with Gasteiger partial charge in [-0.15, -0.1) is 12.4 Å². The van der Waals surface area contributed by atoms with E-state index in [1.54, 1.807) is 6.92 Å². The number of aryl methyl sites for hydroxylation is 2. The second kappa shape index (κ2) is 11.0. The van der Waals surface area contributed by atoms with Crippen LogP contribution >= 0.6 is 12.4 Å². The van der Waals surface area contributed by atoms with Crippen molar-refractivity contribution in [2.75, 3.05) is 5.32 Å². The van der Waals surface area contributed by atoms with E-state index in [9.17, 15) is 14.7 Å². The summed E-state index contributed by atoms with van der Waals surface area (Å²) < 4.78 is 0. The van der Waals surface area contributed by atoms with Crippen molar-refractivity contribution in [2.24, 2.45) is 0 Å². The first-order valence-electron chi connectivity index (χ1n) is 8.34. The van der Waals surface area contributed by atoms with Crippen molar-refractivity contribution < 1.29 is 14.7 Å². The number of nitrogens with one attached hydrogen (secondary N) is 2. The molecule has 1 aromatic carbocycles. The number of halogens is 1. The Hall–Kier alpha value is -1.59. The molecule has 6 heteroatoms. The van der Waals surface area contributed by atoms with Crippen molar-refractivity contribution in [1.82, 2.24) is 5.32 Å². The molecule has 0 aliphatic rings. The van der Waals surface area contributed by atoms with Crippen LogP contribution in [-0.4, -0.2) is 29.1 Å². The molecule has 136 valence electrons. The van der Waals surface area contributed by atoms with Crippen molar-refractivity contribution >= 4 is 30.0 Å². The van der Waals surface area contributed by atoms with Gasteiger partial charge in [0.1, 0.15) is 6.04 Å². The molecule has 0 fully saturated rings. The Labute approximate surface area is 150 Å². The largest absolute Gasteiger partial charge is 0.480 e. The summed E-state index contributed by atoms with van der Waals surface area (Å²) in [4.78, 5) is 23.7. The van der Waals surface area contributed by atoms with Crippen molar-refractivity contribution in [3.63, 3.8) is 0 Å². The first-order chi connectivity index (χ1) is 10.9. The molecule has 0 spiro atoms. The molecule has 1 rings (SSSR count). The molecular weight excluding hydrogens is 328 g/mol. The minimum absolute atomic E-state index is 0. The van der Waals surface area contributed by atoms with Gasteiger partial charge in [0.2, 0.25) is 5.91 Å². The third-order valence-electron chi connectivity index (χ3n) is 3.97. The van der Waals surface area contributed by atoms with Gasteiger partial charge in [-0.05, 0) is 37.3 Å². The average molecular weight is 357 g/mol. The van der Waals surface area contributed by atoms with Gasteiger partial charge in [0.05, 0.1) is 6.04 Å². The number of aliphatic carboxylic acids is 1. The molecule has 0 heterocycles. The zero-order valence-electron chi connectivity index (χ0n) is 14.9. The monoisotopic (exact) mass is 356 g/mol. The minimum atomic E-state index is -0.922. The van der Waals surface area contributed by atoms with Crippen LogP contribution in [0.3, 0.4) is 0 Å². The van der Waals surface area contributed by atoms with Gasteiger partial charge >= 0.3 is 5.97 Å². The molecule has 0 radical (unpaired) electrons. The topological polar surface area (TPSA) is 78.4 Å². The zero-order chi connectivity index (χ0) is 17.4. The average Bonchev–Trinajstić information content (AvgIpc) is 2.54. The number of hydrogen-bond acceptors (Lipinski definition) is 3. The summed E-state index contributed by atoms with van der Waals surface area (Å²) in [7, 11) is 0. The minimum Gasteiger partial charge on any atom is -0.480 e. The molecular formula is C18H29ClN2O3. The Balaban J connectivity index is 0.00000529. The quantitative estimate of drug-likeness (QED) is 0.633. The molecule has 0 bridgehead atoms. The normalized spacial score (nSPS) is 12.8. The van der Waals surface area contributed by atoms with E-state index in [0.29, 0.717) is 6.42 Å². The van der Waals surface area contributed by atoms with E-state index in [2.05, 4.69) is 10.6 Å². The van der Waals surface area contributed by atoms with E-state index in [1.807, 2.05) is 39.0 Å². The molecule has 5 nitrogen and oxygen atoms in total. The summed E-state index contributed by atoms with van der Waals surface area (Å²) >= 11 is 0. The Morgan fingerprint density at radius 2 is 1.67 bits per heavy atom. The van der Waals surface area contributed by atoms with E-state index in [0.717, 1.165) is 36.1 Å². The Morgan fingerprint density at radius 1 is 1.12 bits per heavy atom. The van der Waals surface area contributed by atoms with Gasteiger partial charge in [-0.25, -0.2) is 0 Å². The molecule has 0 aromatic heterocycles. The lowest BCUT2D eigenvalue weighted by Gasteiger charge is -2.21. The lowest BCUT2D eigenvalue weighted by molar-refractivity contribution is -0.140. The number of rotatable bonds is 9. The summed E-state index contributed by atoms with van der Waals surface area (Å²) in [5, 5.41) is 15.1. The van der Waals surface area contributed by atoms with Crippen LogP contribution in [0, 0.1) is 0 Å². The van der Waals surface area contributed by atoms with Crippen LogP contribution in [-0.2, 0) is 22.4 Å². The van der Waals surface area contributed by atoms with E-state index in [1.165, 1.54) is 0 Å². The van der Waals surface area contributed by atoms with Crippen molar-refractivity contribution in [3.05, 3.63) is 29.3 Å². The molecule has 1 aromatic rings. The van der Waals surface area contributed by atoms with Crippen LogP contribution in [0.4, 0.5) is 5.69 Å². The lowest BCUT2D eigenvalue weighted by Crippen LogP contribution is -2.47. The van der Waals surface area contributed by atoms with Gasteiger partial charge in [-0.1, -0.05) is 45.4 Å². The molecule has 2 unspecified atom stereocenters. The maximum absolute atomic E-state index is 12.4. The lowest BCUT2D eigenvalue weighted by atomic mass is 10.0. The number of carbonyl (C=O) groups is 2. The highest BCUT2D eigenvalue weighted by Crippen LogP contribution is 2.22. The fourth-order valence-corrected chi connectivity index (χ4v) is 2.58. The first-order valence-corrected chi connectivity index (χ1v) is 8.34. The maximum atomic E-state index is 12.4. The van der Waals surface area contributed by atoms with Gasteiger partial charge in [0, 0.05) is 5.69 Å². The third-order valence-corrected chi connectivity index (χ3v) is 3.97. The molecule has 0 saturated carbocycles. The number of carboxylic acid groups (broad SMARTS) is 1. The highest BCUT2D eigenvalue weighted by atomic mass is 35.5. The second-order valence-electron chi connectivity index (χ2n) is 5.72. The first kappa shape index (κ1) is 22.4. The molecule has 0 aliphatic carbocycles. The van der Waals surface area contributed by atoms with E-state index in [4.69, 9.17) is 0 Å². The highest BCUT2D eigenvalue weighted by molar-refractivity contribution is 5.96. The summed E-state index contributed by atoms with van der Waals surface area (Å²) in [6, 6.07) is 4.73. The fraction of sp³-hybridized carbons (Fsp3) is 0.556. The predicted octanol–water partition coefficient (Wildman–Crippen LogP) is 3.40. The van der Waals surface area contributed by atoms with Gasteiger partial charge in [0.25, 0.3) is 0 Å². The summed E-state index contributed by atoms with van der Waals surface area (Å²) in [5.41, 5.74) is 3.04. The van der Waals surface area contributed by atoms with Crippen molar-refractivity contribution in [3.8, 4) is 0 Å². The predicted molar refractivity (Wildman–Crippen MR) is 100 cm³/mol. The summed E-state index contributed by atoms with van der Waals surface area (Å²) in [6.07, 6.45) is 2.91. The van der Waals surface area contributed by atoms with Crippen LogP contribution in [0.1, 0.15) is 51.7 Å². The number of benzene rings is 1. The standard InChI is InChI=1S/C18H28N2O3.ClH/c1-5-9-15(18(22)23)19-12(4)17(21)20-16-13(6-2)10-8-11-14(16)7-3;/h8,10-12,15,19H,5-7,9H2,1-4H3,(H,20,21)(H,22,23);1H. The molecule has 0 aliphatic heterocycles. The van der Waals surface area contributed by atoms with Crippen LogP contribution in [0.5, 0.6) is 0 Å². The number of amides is 1. The van der Waals surface area contributed by atoms with Gasteiger partial charge in [-0.2, -0.15) is 0 Å². The Morgan fingerprint density at radius 3 is 2.08 bits per heavy atom. The second-order valence-corrected chi connectivity index (χ2v) is 5.72. The van der Waals surface area contributed by atoms with Crippen LogP contribution in [0.25, 0.3) is 0 Å². The van der Waals surface area contributed by atoms with Crippen LogP contribution in [0.15, 0.2) is 18.2 Å². The maximum Gasteiger partial charge on any atom is 0.320 e. The van der Waals surface area contributed by atoms with Gasteiger partial charge < -0.3 is 10.4 Å². The van der Waals surface area contributed by atoms with E-state index < -0.39 is 18.1 Å². The molecule has 0 saturated heterocycles. The number of para-hydroxylation sites is 1. The van der Waals surface area contributed by atoms with Gasteiger partial charge in [0.15, 0.2) is 0 Å². The van der Waals surface area contributed by atoms with Crippen LogP contribution < -0.4 is 10.6 Å². The molecule has 3 N–H and O–H groups in total. The number of carbonyl (C=O) groups excluding carboxylic acids is 1. The number of anilines is 1. The molecule has 2 atom stereocenters. The summed E-state index contributed by atoms with van der Waals surface area (Å²) in [5.74, 6) is -1.13. The number of hydrogen-bond donors (Lipinski definition) is 3. The van der Waals surface area contributed by atoms with Crippen LogP contribution in [0.2, 0.25) is 0 Å². The van der Waals surface area contributed by atoms with Crippen molar-refractivity contribution in [2.45, 2.75) is 65.5 Å². The third kappa shape index (κ3) is 6.13. The number of carboxylic acids is 1.